The van der Waals surface area contributed by atoms with Crippen molar-refractivity contribution in [3.05, 3.63) is 34.9 Å². The van der Waals surface area contributed by atoms with Crippen LogP contribution in [0.25, 0.3) is 0 Å². The van der Waals surface area contributed by atoms with Crippen molar-refractivity contribution in [2.24, 2.45) is 5.41 Å². The molecule has 0 aromatic carbocycles. The average molecular weight is 268 g/mol. The van der Waals surface area contributed by atoms with Crippen LogP contribution in [0.4, 0.5) is 0 Å². The van der Waals surface area contributed by atoms with E-state index < -0.39 is 17.6 Å². The molecule has 0 aliphatic heterocycles. The number of hydrogen-bond acceptors (Lipinski definition) is 4. The molecule has 1 rings (SSSR count). The highest BCUT2D eigenvalue weighted by atomic mass is 16.3. The molecule has 2 atom stereocenters. The fourth-order valence-electron chi connectivity index (χ4n) is 2.36. The molecule has 4 heteroatoms. The van der Waals surface area contributed by atoms with E-state index in [9.17, 15) is 15.3 Å². The Morgan fingerprint density at radius 2 is 1.95 bits per heavy atom. The van der Waals surface area contributed by atoms with Gasteiger partial charge < -0.3 is 20.4 Å². The van der Waals surface area contributed by atoms with E-state index in [0.717, 1.165) is 11.1 Å². The normalized spacial score (nSPS) is 28.3. The van der Waals surface area contributed by atoms with Crippen molar-refractivity contribution in [1.29, 1.82) is 0 Å². The lowest BCUT2D eigenvalue weighted by Crippen LogP contribution is -2.41. The number of rotatable bonds is 4. The molecule has 0 saturated carbocycles. The second-order valence-electron chi connectivity index (χ2n) is 5.55. The molecule has 0 heterocycles. The van der Waals surface area contributed by atoms with Gasteiger partial charge in [0.25, 0.3) is 0 Å². The van der Waals surface area contributed by atoms with Crippen LogP contribution in [0.15, 0.2) is 34.9 Å². The van der Waals surface area contributed by atoms with Crippen LogP contribution in [0.5, 0.6) is 0 Å². The Balaban J connectivity index is 3.18. The first kappa shape index (κ1) is 16.1. The van der Waals surface area contributed by atoms with Crippen molar-refractivity contribution in [3.8, 4) is 0 Å². The molecule has 1 aliphatic rings. The maximum Gasteiger partial charge on any atom is 0.0803 e. The van der Waals surface area contributed by atoms with Gasteiger partial charge in [0.05, 0.1) is 25.4 Å². The Morgan fingerprint density at radius 3 is 2.47 bits per heavy atom. The molecular formula is C15H24O4. The first-order valence-electron chi connectivity index (χ1n) is 6.50. The molecule has 0 fully saturated rings. The molecule has 0 bridgehead atoms. The molecule has 0 saturated heterocycles. The predicted molar refractivity (Wildman–Crippen MR) is 74.5 cm³/mol. The molecule has 0 unspecified atom stereocenters. The molecule has 4 N–H and O–H groups in total. The zero-order valence-corrected chi connectivity index (χ0v) is 11.8. The SMILES string of the molecule is CC(=C/CO)/C=C/C1=C(CO)[C@@H](O)C[C@@H](O)C1(C)C. The van der Waals surface area contributed by atoms with E-state index in [1.54, 1.807) is 12.2 Å². The Hall–Kier alpha value is -0.940. The van der Waals surface area contributed by atoms with Gasteiger partial charge in [0.2, 0.25) is 0 Å². The number of aliphatic hydroxyl groups excluding tert-OH is 4. The zero-order valence-electron chi connectivity index (χ0n) is 11.8. The summed E-state index contributed by atoms with van der Waals surface area (Å²) in [5.74, 6) is 0. The quantitative estimate of drug-likeness (QED) is 0.572. The number of aliphatic hydroxyl groups is 4. The van der Waals surface area contributed by atoms with Gasteiger partial charge in [-0.15, -0.1) is 0 Å². The van der Waals surface area contributed by atoms with Gasteiger partial charge in [-0.05, 0) is 18.1 Å². The Kier molecular flexibility index (Phi) is 5.50. The molecule has 4 nitrogen and oxygen atoms in total. The first-order chi connectivity index (χ1) is 8.84. The van der Waals surface area contributed by atoms with Crippen LogP contribution in [0.1, 0.15) is 27.2 Å². The maximum absolute atomic E-state index is 10.1. The van der Waals surface area contributed by atoms with Crippen LogP contribution in [0.3, 0.4) is 0 Å². The van der Waals surface area contributed by atoms with E-state index >= 15 is 0 Å². The molecule has 0 radical (unpaired) electrons. The minimum atomic E-state index is -0.810. The van der Waals surface area contributed by atoms with E-state index in [1.807, 2.05) is 26.8 Å². The fraction of sp³-hybridized carbons (Fsp3) is 0.600. The third kappa shape index (κ3) is 3.54. The topological polar surface area (TPSA) is 80.9 Å². The molecule has 108 valence electrons. The number of allylic oxidation sites excluding steroid dienone is 3. The maximum atomic E-state index is 10.1. The second kappa shape index (κ2) is 6.48. The van der Waals surface area contributed by atoms with Crippen LogP contribution < -0.4 is 0 Å². The van der Waals surface area contributed by atoms with Gasteiger partial charge in [0.15, 0.2) is 0 Å². The van der Waals surface area contributed by atoms with Crippen molar-refractivity contribution >= 4 is 0 Å². The first-order valence-corrected chi connectivity index (χ1v) is 6.50. The van der Waals surface area contributed by atoms with E-state index in [1.165, 1.54) is 0 Å². The summed E-state index contributed by atoms with van der Waals surface area (Å²) in [5.41, 5.74) is 1.68. The van der Waals surface area contributed by atoms with E-state index in [-0.39, 0.29) is 19.6 Å². The largest absolute Gasteiger partial charge is 0.392 e. The van der Waals surface area contributed by atoms with Gasteiger partial charge in [-0.1, -0.05) is 37.6 Å². The van der Waals surface area contributed by atoms with Gasteiger partial charge in [0.1, 0.15) is 0 Å². The highest BCUT2D eigenvalue weighted by Crippen LogP contribution is 2.41. The van der Waals surface area contributed by atoms with Gasteiger partial charge in [-0.25, -0.2) is 0 Å². The van der Waals surface area contributed by atoms with Crippen molar-refractivity contribution in [2.75, 3.05) is 13.2 Å². The summed E-state index contributed by atoms with van der Waals surface area (Å²) < 4.78 is 0. The van der Waals surface area contributed by atoms with Crippen molar-refractivity contribution in [3.63, 3.8) is 0 Å². The van der Waals surface area contributed by atoms with Gasteiger partial charge in [-0.3, -0.25) is 0 Å². The molecule has 0 amide bonds. The van der Waals surface area contributed by atoms with Crippen molar-refractivity contribution in [1.82, 2.24) is 0 Å². The summed E-state index contributed by atoms with van der Waals surface area (Å²) in [7, 11) is 0. The summed E-state index contributed by atoms with van der Waals surface area (Å²) in [4.78, 5) is 0. The van der Waals surface area contributed by atoms with Crippen LogP contribution in [-0.2, 0) is 0 Å². The average Bonchev–Trinajstić information content (AvgIpc) is 2.32. The van der Waals surface area contributed by atoms with Gasteiger partial charge in [0, 0.05) is 11.8 Å². The molecule has 1 aliphatic carbocycles. The fourth-order valence-corrected chi connectivity index (χ4v) is 2.36. The van der Waals surface area contributed by atoms with E-state index in [0.29, 0.717) is 5.57 Å². The van der Waals surface area contributed by atoms with Crippen LogP contribution in [0.2, 0.25) is 0 Å². The highest BCUT2D eigenvalue weighted by Gasteiger charge is 2.39. The summed E-state index contributed by atoms with van der Waals surface area (Å²) >= 11 is 0. The summed E-state index contributed by atoms with van der Waals surface area (Å²) in [6.45, 7) is 5.39. The molecule has 0 aromatic rings. The van der Waals surface area contributed by atoms with E-state index in [4.69, 9.17) is 5.11 Å². The third-order valence-corrected chi connectivity index (χ3v) is 3.82. The highest BCUT2D eigenvalue weighted by molar-refractivity contribution is 5.40. The zero-order chi connectivity index (χ0) is 14.6. The van der Waals surface area contributed by atoms with Crippen LogP contribution >= 0.6 is 0 Å². The third-order valence-electron chi connectivity index (χ3n) is 3.82. The van der Waals surface area contributed by atoms with Gasteiger partial charge >= 0.3 is 0 Å². The molecule has 0 spiro atoms. The minimum Gasteiger partial charge on any atom is -0.392 e. The van der Waals surface area contributed by atoms with Crippen LogP contribution in [-0.4, -0.2) is 45.8 Å². The van der Waals surface area contributed by atoms with Crippen molar-refractivity contribution in [2.45, 2.75) is 39.4 Å². The lowest BCUT2D eigenvalue weighted by Gasteiger charge is -2.40. The Bertz CT molecular complexity index is 404. The van der Waals surface area contributed by atoms with E-state index in [2.05, 4.69) is 0 Å². The smallest absolute Gasteiger partial charge is 0.0803 e. The molecule has 0 aromatic heterocycles. The predicted octanol–water partition coefficient (Wildman–Crippen LogP) is 0.922. The summed E-state index contributed by atoms with van der Waals surface area (Å²) in [5, 5.41) is 38.3. The minimum absolute atomic E-state index is 0.0310. The Labute approximate surface area is 114 Å². The van der Waals surface area contributed by atoms with Gasteiger partial charge in [-0.2, -0.15) is 0 Å². The Morgan fingerprint density at radius 1 is 1.32 bits per heavy atom. The monoisotopic (exact) mass is 268 g/mol. The lowest BCUT2D eigenvalue weighted by molar-refractivity contribution is 0.0138. The second-order valence-corrected chi connectivity index (χ2v) is 5.55. The standard InChI is InChI=1S/C15H24O4/c1-10(6-7-16)4-5-12-11(9-17)13(18)8-14(19)15(12,2)3/h4-6,13-14,16-19H,7-9H2,1-3H3/b5-4+,10-6-/t13-,14+/m0/s1. The van der Waals surface area contributed by atoms with Crippen molar-refractivity contribution < 1.29 is 20.4 Å². The van der Waals surface area contributed by atoms with Crippen LogP contribution in [0, 0.1) is 5.41 Å². The lowest BCUT2D eigenvalue weighted by atomic mass is 9.69. The molecular weight excluding hydrogens is 244 g/mol. The number of hydrogen-bond donors (Lipinski definition) is 4. The summed E-state index contributed by atoms with van der Waals surface area (Å²) in [6.07, 6.45) is 4.06. The summed E-state index contributed by atoms with van der Waals surface area (Å²) in [6, 6.07) is 0. The molecule has 19 heavy (non-hydrogen) atoms.